The lowest BCUT2D eigenvalue weighted by Crippen LogP contribution is -2.36. The summed E-state index contributed by atoms with van der Waals surface area (Å²) in [5.41, 5.74) is -0.215. The van der Waals surface area contributed by atoms with Gasteiger partial charge in [-0.1, -0.05) is 16.0 Å². The van der Waals surface area contributed by atoms with Crippen LogP contribution in [0.15, 0.2) is 10.5 Å². The van der Waals surface area contributed by atoms with Crippen LogP contribution in [0.2, 0.25) is 5.02 Å². The number of carboxylic acid groups (broad SMARTS) is 2. The van der Waals surface area contributed by atoms with Crippen LogP contribution in [0.3, 0.4) is 0 Å². The molecule has 1 atom stereocenters. The van der Waals surface area contributed by atoms with Gasteiger partial charge in [-0.25, -0.2) is 19.0 Å². The van der Waals surface area contributed by atoms with Crippen molar-refractivity contribution in [3.63, 3.8) is 0 Å². The van der Waals surface area contributed by atoms with Crippen LogP contribution in [0, 0.1) is 5.82 Å². The Morgan fingerprint density at radius 3 is 2.39 bits per heavy atom. The van der Waals surface area contributed by atoms with E-state index >= 15 is 0 Å². The zero-order valence-electron chi connectivity index (χ0n) is 12.3. The fourth-order valence-electron chi connectivity index (χ4n) is 1.24. The van der Waals surface area contributed by atoms with Crippen molar-refractivity contribution in [2.75, 3.05) is 4.90 Å². The minimum absolute atomic E-state index is 0.215. The molecule has 0 aliphatic heterocycles. The van der Waals surface area contributed by atoms with Crippen molar-refractivity contribution in [3.05, 3.63) is 22.6 Å². The summed E-state index contributed by atoms with van der Waals surface area (Å²) in [5.74, 6) is -2.22. The van der Waals surface area contributed by atoms with Crippen LogP contribution in [0.5, 0.6) is 0 Å². The van der Waals surface area contributed by atoms with E-state index in [1.165, 1.54) is 0 Å². The minimum atomic E-state index is -1.94. The fourth-order valence-corrected chi connectivity index (χ4v) is 1.94. The lowest BCUT2D eigenvalue weighted by atomic mass is 10.3. The van der Waals surface area contributed by atoms with Crippen LogP contribution < -0.4 is 4.90 Å². The summed E-state index contributed by atoms with van der Waals surface area (Å²) in [6, 6.07) is 0.699. The highest BCUT2D eigenvalue weighted by Crippen LogP contribution is 2.24. The van der Waals surface area contributed by atoms with Gasteiger partial charge in [0, 0.05) is 0 Å². The van der Waals surface area contributed by atoms with E-state index in [-0.39, 0.29) is 15.6 Å². The Morgan fingerprint density at radius 2 is 1.96 bits per heavy atom. The van der Waals surface area contributed by atoms with Crippen molar-refractivity contribution in [1.29, 1.82) is 0 Å². The van der Waals surface area contributed by atoms with E-state index in [0.29, 0.717) is 6.07 Å². The Hall–Kier alpha value is -1.91. The molecule has 2 N–H and O–H groups in total. The van der Waals surface area contributed by atoms with Gasteiger partial charge in [-0.3, -0.25) is 0 Å². The molecule has 0 fully saturated rings. The molecule has 1 rings (SSSR count). The first kappa shape index (κ1) is 19.1. The van der Waals surface area contributed by atoms with Gasteiger partial charge in [-0.2, -0.15) is 4.90 Å². The normalized spacial score (nSPS) is 13.1. The van der Waals surface area contributed by atoms with Crippen molar-refractivity contribution in [2.45, 2.75) is 25.5 Å². The van der Waals surface area contributed by atoms with Gasteiger partial charge in [-0.05, 0) is 26.8 Å². The quantitative estimate of drug-likeness (QED) is 0.626. The van der Waals surface area contributed by atoms with E-state index in [1.54, 1.807) is 20.8 Å². The smallest absolute Gasteiger partial charge is 0.422 e. The van der Waals surface area contributed by atoms with E-state index in [2.05, 4.69) is 9.38 Å². The van der Waals surface area contributed by atoms with Gasteiger partial charge in [0.15, 0.2) is 11.6 Å². The number of nitrogens with zero attached hydrogens (tertiary/aromatic N) is 3. The number of aromatic nitrogens is 1. The van der Waals surface area contributed by atoms with E-state index in [1.807, 2.05) is 0 Å². The first-order chi connectivity index (χ1) is 10.4. The first-order valence-electron chi connectivity index (χ1n) is 6.03. The van der Waals surface area contributed by atoms with Crippen LogP contribution in [-0.4, -0.2) is 42.9 Å². The highest BCUT2D eigenvalue weighted by molar-refractivity contribution is 7.91. The summed E-state index contributed by atoms with van der Waals surface area (Å²) in [6.45, 7) is 5.01. The molecule has 8 nitrogen and oxygen atoms in total. The topological polar surface area (TPSA) is 126 Å². The third-order valence-electron chi connectivity index (χ3n) is 2.33. The lowest BCUT2D eigenvalue weighted by Gasteiger charge is -2.18. The minimum Gasteiger partial charge on any atom is -0.591 e. The Balaban J connectivity index is 3.32. The second-order valence-electron chi connectivity index (χ2n) is 5.16. The number of halogens is 2. The Morgan fingerprint density at radius 1 is 1.43 bits per heavy atom. The molecule has 1 aromatic heterocycles. The van der Waals surface area contributed by atoms with Gasteiger partial charge < -0.3 is 14.8 Å². The molecule has 0 radical (unpaired) electrons. The summed E-state index contributed by atoms with van der Waals surface area (Å²) < 4.78 is 28.6. The maximum Gasteiger partial charge on any atom is 0.422 e. The SMILES string of the molecule is CC(C)(C)[S+]([O-])/N=C/c1nc(N(C(=O)O)C(=O)O)c(F)cc1Cl. The summed E-state index contributed by atoms with van der Waals surface area (Å²) in [5, 5.41) is 17.4. The molecule has 0 aliphatic carbocycles. The fraction of sp³-hybridized carbons (Fsp3) is 0.333. The van der Waals surface area contributed by atoms with Gasteiger partial charge >= 0.3 is 12.2 Å². The predicted octanol–water partition coefficient (Wildman–Crippen LogP) is 2.92. The molecule has 1 unspecified atom stereocenters. The van der Waals surface area contributed by atoms with Crippen molar-refractivity contribution >= 4 is 47.2 Å². The van der Waals surface area contributed by atoms with E-state index in [4.69, 9.17) is 21.8 Å². The molecule has 11 heteroatoms. The van der Waals surface area contributed by atoms with Crippen molar-refractivity contribution < 1.29 is 28.7 Å². The predicted molar refractivity (Wildman–Crippen MR) is 83.2 cm³/mol. The average Bonchev–Trinajstić information content (AvgIpc) is 2.37. The zero-order chi connectivity index (χ0) is 17.9. The Bertz CT molecular complexity index is 651. The number of hydrogen-bond donors (Lipinski definition) is 2. The molecule has 126 valence electrons. The lowest BCUT2D eigenvalue weighted by molar-refractivity contribution is 0.183. The van der Waals surface area contributed by atoms with Crippen LogP contribution in [0.1, 0.15) is 26.5 Å². The van der Waals surface area contributed by atoms with E-state index in [9.17, 15) is 18.5 Å². The van der Waals surface area contributed by atoms with Crippen LogP contribution in [0.25, 0.3) is 0 Å². The first-order valence-corrected chi connectivity index (χ1v) is 7.51. The summed E-state index contributed by atoms with van der Waals surface area (Å²) >= 11 is 4.10. The molecule has 0 saturated heterocycles. The number of rotatable bonds is 3. The Labute approximate surface area is 138 Å². The molecule has 0 bridgehead atoms. The van der Waals surface area contributed by atoms with Crippen LogP contribution in [0.4, 0.5) is 19.8 Å². The summed E-state index contributed by atoms with van der Waals surface area (Å²) in [6.07, 6.45) is -2.91. The van der Waals surface area contributed by atoms with Gasteiger partial charge in [0.05, 0.1) is 5.02 Å². The number of imide groups is 1. The number of carbonyl (C=O) groups is 2. The van der Waals surface area contributed by atoms with Gasteiger partial charge in [0.1, 0.15) is 28.0 Å². The highest BCUT2D eigenvalue weighted by atomic mass is 35.5. The molecule has 0 spiro atoms. The highest BCUT2D eigenvalue weighted by Gasteiger charge is 2.29. The largest absolute Gasteiger partial charge is 0.591 e. The third kappa shape index (κ3) is 4.78. The number of amides is 2. The van der Waals surface area contributed by atoms with E-state index < -0.39 is 39.9 Å². The molecule has 0 aliphatic rings. The molecule has 1 aromatic rings. The molecule has 23 heavy (non-hydrogen) atoms. The monoisotopic (exact) mass is 365 g/mol. The standard InChI is InChI=1S/C12H13ClFN3O5S/c1-12(2,3)23(22)15-5-8-6(13)4-7(14)9(16-8)17(10(18)19)11(20)21/h4-5H,1-3H3,(H,18,19)(H,20,21)/b15-5+. The van der Waals surface area contributed by atoms with Crippen molar-refractivity contribution in [3.8, 4) is 0 Å². The van der Waals surface area contributed by atoms with Crippen LogP contribution in [-0.2, 0) is 11.4 Å². The average molecular weight is 366 g/mol. The van der Waals surface area contributed by atoms with Crippen LogP contribution >= 0.6 is 11.6 Å². The Kier molecular flexibility index (Phi) is 5.92. The molecule has 1 heterocycles. The summed E-state index contributed by atoms with van der Waals surface area (Å²) in [7, 11) is 0. The van der Waals surface area contributed by atoms with Gasteiger partial charge in [-0.15, -0.1) is 0 Å². The molecular weight excluding hydrogens is 353 g/mol. The molecule has 0 aromatic carbocycles. The maximum atomic E-state index is 13.8. The van der Waals surface area contributed by atoms with Crippen molar-refractivity contribution in [1.82, 2.24) is 4.98 Å². The van der Waals surface area contributed by atoms with Gasteiger partial charge in [0.25, 0.3) is 0 Å². The molecule has 2 amide bonds. The second kappa shape index (κ2) is 7.11. The summed E-state index contributed by atoms with van der Waals surface area (Å²) in [4.78, 5) is 25.1. The number of anilines is 1. The zero-order valence-corrected chi connectivity index (χ0v) is 13.9. The number of pyridine rings is 1. The van der Waals surface area contributed by atoms with Gasteiger partial charge in [0.2, 0.25) is 0 Å². The number of hydrogen-bond acceptors (Lipinski definition) is 5. The molecule has 0 saturated carbocycles. The van der Waals surface area contributed by atoms with E-state index in [0.717, 1.165) is 6.21 Å². The maximum absolute atomic E-state index is 13.8. The third-order valence-corrected chi connectivity index (χ3v) is 3.97. The molecular formula is C12H13ClFN3O5S. The van der Waals surface area contributed by atoms with Crippen molar-refractivity contribution in [2.24, 2.45) is 4.40 Å². The second-order valence-corrected chi connectivity index (χ2v) is 7.50.